The van der Waals surface area contributed by atoms with Gasteiger partial charge in [-0.15, -0.1) is 0 Å². The molecule has 21 heavy (non-hydrogen) atoms. The minimum atomic E-state index is -1.08. The summed E-state index contributed by atoms with van der Waals surface area (Å²) >= 11 is 0. The Hall–Kier alpha value is -2.27. The van der Waals surface area contributed by atoms with Crippen LogP contribution in [-0.4, -0.2) is 11.0 Å². The van der Waals surface area contributed by atoms with Crippen LogP contribution in [0.1, 0.15) is 23.7 Å². The predicted octanol–water partition coefficient (Wildman–Crippen LogP) is 2.70. The van der Waals surface area contributed by atoms with Crippen LogP contribution in [0, 0.1) is 11.6 Å². The fraction of sp³-hybridized carbons (Fsp3) is 0.188. The number of benzene rings is 2. The van der Waals surface area contributed by atoms with Crippen LogP contribution in [0.5, 0.6) is 0 Å². The molecule has 0 saturated carbocycles. The number of carbonyl (C=O) groups excluding carboxylic acids is 1. The number of hydrogen-bond donors (Lipinski definition) is 2. The summed E-state index contributed by atoms with van der Waals surface area (Å²) in [7, 11) is 0. The van der Waals surface area contributed by atoms with Crippen molar-refractivity contribution in [3.8, 4) is 0 Å². The first-order chi connectivity index (χ1) is 10.0. The molecular weight excluding hydrogens is 276 g/mol. The SMILES string of the molecule is O=C(CC(O)c1cccc(F)c1)NCc1cccc(F)c1. The second kappa shape index (κ2) is 6.95. The van der Waals surface area contributed by atoms with Crippen molar-refractivity contribution in [3.05, 3.63) is 71.3 Å². The zero-order valence-electron chi connectivity index (χ0n) is 11.2. The van der Waals surface area contributed by atoms with Crippen molar-refractivity contribution in [2.24, 2.45) is 0 Å². The van der Waals surface area contributed by atoms with Gasteiger partial charge >= 0.3 is 0 Å². The van der Waals surface area contributed by atoms with Crippen molar-refractivity contribution in [2.75, 3.05) is 0 Å². The first-order valence-electron chi connectivity index (χ1n) is 6.49. The molecule has 1 amide bonds. The molecular formula is C16H15F2NO2. The lowest BCUT2D eigenvalue weighted by Crippen LogP contribution is -2.24. The monoisotopic (exact) mass is 291 g/mol. The summed E-state index contributed by atoms with van der Waals surface area (Å²) < 4.78 is 26.0. The van der Waals surface area contributed by atoms with Crippen molar-refractivity contribution < 1.29 is 18.7 Å². The minimum Gasteiger partial charge on any atom is -0.388 e. The number of carbonyl (C=O) groups is 1. The molecule has 2 aromatic carbocycles. The van der Waals surface area contributed by atoms with Gasteiger partial charge in [-0.3, -0.25) is 4.79 Å². The van der Waals surface area contributed by atoms with E-state index in [1.54, 1.807) is 18.2 Å². The number of halogens is 2. The number of aliphatic hydroxyl groups is 1. The normalized spacial score (nSPS) is 12.0. The largest absolute Gasteiger partial charge is 0.388 e. The molecule has 0 saturated heterocycles. The zero-order valence-corrected chi connectivity index (χ0v) is 11.2. The smallest absolute Gasteiger partial charge is 0.223 e. The second-order valence-electron chi connectivity index (χ2n) is 4.68. The maximum Gasteiger partial charge on any atom is 0.223 e. The van der Waals surface area contributed by atoms with Gasteiger partial charge in [0.05, 0.1) is 12.5 Å². The van der Waals surface area contributed by atoms with E-state index >= 15 is 0 Å². The lowest BCUT2D eigenvalue weighted by molar-refractivity contribution is -0.123. The molecule has 0 heterocycles. The molecule has 0 aliphatic heterocycles. The average Bonchev–Trinajstić information content (AvgIpc) is 2.45. The summed E-state index contributed by atoms with van der Waals surface area (Å²) in [6, 6.07) is 11.4. The number of nitrogens with one attached hydrogen (secondary N) is 1. The van der Waals surface area contributed by atoms with Crippen LogP contribution < -0.4 is 5.32 Å². The number of hydrogen-bond acceptors (Lipinski definition) is 2. The van der Waals surface area contributed by atoms with E-state index in [1.165, 1.54) is 30.3 Å². The Kier molecular flexibility index (Phi) is 5.00. The lowest BCUT2D eigenvalue weighted by atomic mass is 10.1. The highest BCUT2D eigenvalue weighted by molar-refractivity contribution is 5.76. The first kappa shape index (κ1) is 15.1. The average molecular weight is 291 g/mol. The summed E-state index contributed by atoms with van der Waals surface area (Å²) in [5.74, 6) is -1.23. The van der Waals surface area contributed by atoms with Gasteiger partial charge in [-0.2, -0.15) is 0 Å². The quantitative estimate of drug-likeness (QED) is 0.890. The van der Waals surface area contributed by atoms with E-state index in [2.05, 4.69) is 5.32 Å². The van der Waals surface area contributed by atoms with E-state index in [0.29, 0.717) is 11.1 Å². The third kappa shape index (κ3) is 4.65. The van der Waals surface area contributed by atoms with Crippen LogP contribution in [0.4, 0.5) is 8.78 Å². The van der Waals surface area contributed by atoms with Gasteiger partial charge in [-0.05, 0) is 35.4 Å². The van der Waals surface area contributed by atoms with E-state index in [0.717, 1.165) is 0 Å². The van der Waals surface area contributed by atoms with Gasteiger partial charge in [-0.1, -0.05) is 24.3 Å². The van der Waals surface area contributed by atoms with E-state index < -0.39 is 17.8 Å². The molecule has 2 aromatic rings. The Morgan fingerprint density at radius 1 is 1.10 bits per heavy atom. The minimum absolute atomic E-state index is 0.173. The molecule has 0 aliphatic carbocycles. The van der Waals surface area contributed by atoms with Crippen molar-refractivity contribution in [3.63, 3.8) is 0 Å². The highest BCUT2D eigenvalue weighted by Gasteiger charge is 2.13. The molecule has 2 rings (SSSR count). The van der Waals surface area contributed by atoms with Crippen molar-refractivity contribution in [1.29, 1.82) is 0 Å². The highest BCUT2D eigenvalue weighted by Crippen LogP contribution is 2.17. The number of aliphatic hydroxyl groups excluding tert-OH is 1. The maximum atomic E-state index is 13.0. The molecule has 110 valence electrons. The van der Waals surface area contributed by atoms with E-state index in [1.807, 2.05) is 0 Å². The molecule has 5 heteroatoms. The number of rotatable bonds is 5. The van der Waals surface area contributed by atoms with E-state index in [9.17, 15) is 18.7 Å². The highest BCUT2D eigenvalue weighted by atomic mass is 19.1. The molecule has 3 nitrogen and oxygen atoms in total. The molecule has 0 bridgehead atoms. The topological polar surface area (TPSA) is 49.3 Å². The fourth-order valence-electron chi connectivity index (χ4n) is 1.93. The summed E-state index contributed by atoms with van der Waals surface area (Å²) in [6.45, 7) is 0.173. The van der Waals surface area contributed by atoms with Crippen molar-refractivity contribution >= 4 is 5.91 Å². The van der Waals surface area contributed by atoms with E-state index in [4.69, 9.17) is 0 Å². The standard InChI is InChI=1S/C16H15F2NO2/c17-13-5-1-3-11(7-13)10-19-16(21)9-15(20)12-4-2-6-14(18)8-12/h1-8,15,20H,9-10H2,(H,19,21). The van der Waals surface area contributed by atoms with Gasteiger partial charge in [0.15, 0.2) is 0 Å². The molecule has 1 atom stereocenters. The van der Waals surface area contributed by atoms with Crippen molar-refractivity contribution in [2.45, 2.75) is 19.1 Å². The predicted molar refractivity (Wildman–Crippen MR) is 74.2 cm³/mol. The Bertz CT molecular complexity index is 631. The number of amides is 1. The molecule has 0 spiro atoms. The molecule has 1 unspecified atom stereocenters. The van der Waals surface area contributed by atoms with Crippen LogP contribution in [0.25, 0.3) is 0 Å². The van der Waals surface area contributed by atoms with Gasteiger partial charge in [0.25, 0.3) is 0 Å². The first-order valence-corrected chi connectivity index (χ1v) is 6.49. The Morgan fingerprint density at radius 3 is 2.43 bits per heavy atom. The molecule has 0 aliphatic rings. The van der Waals surface area contributed by atoms with E-state index in [-0.39, 0.29) is 18.8 Å². The second-order valence-corrected chi connectivity index (χ2v) is 4.68. The molecule has 0 radical (unpaired) electrons. The molecule has 0 fully saturated rings. The zero-order chi connectivity index (χ0) is 15.2. The summed E-state index contributed by atoms with van der Waals surface area (Å²) in [6.07, 6.45) is -1.26. The summed E-state index contributed by atoms with van der Waals surface area (Å²) in [5, 5.41) is 12.5. The van der Waals surface area contributed by atoms with Crippen molar-refractivity contribution in [1.82, 2.24) is 5.32 Å². The van der Waals surface area contributed by atoms with Crippen LogP contribution in [0.2, 0.25) is 0 Å². The van der Waals surface area contributed by atoms with Gasteiger partial charge < -0.3 is 10.4 Å². The van der Waals surface area contributed by atoms with Gasteiger partial charge in [0.2, 0.25) is 5.91 Å². The third-order valence-corrected chi connectivity index (χ3v) is 2.99. The fourth-order valence-corrected chi connectivity index (χ4v) is 1.93. The maximum absolute atomic E-state index is 13.0. The van der Waals surface area contributed by atoms with Gasteiger partial charge in [-0.25, -0.2) is 8.78 Å². The molecule has 0 aromatic heterocycles. The lowest BCUT2D eigenvalue weighted by Gasteiger charge is -2.11. The van der Waals surface area contributed by atoms with Crippen LogP contribution in [0.15, 0.2) is 48.5 Å². The third-order valence-electron chi connectivity index (χ3n) is 2.99. The molecule has 2 N–H and O–H groups in total. The van der Waals surface area contributed by atoms with Gasteiger partial charge in [0, 0.05) is 6.54 Å². The summed E-state index contributed by atoms with van der Waals surface area (Å²) in [4.78, 5) is 11.7. The summed E-state index contributed by atoms with van der Waals surface area (Å²) in [5.41, 5.74) is 0.972. The Morgan fingerprint density at radius 2 is 1.76 bits per heavy atom. The Labute approximate surface area is 121 Å². The van der Waals surface area contributed by atoms with Gasteiger partial charge in [0.1, 0.15) is 11.6 Å². The van der Waals surface area contributed by atoms with Crippen LogP contribution in [0.3, 0.4) is 0 Å². The van der Waals surface area contributed by atoms with Crippen LogP contribution in [-0.2, 0) is 11.3 Å². The van der Waals surface area contributed by atoms with Crippen LogP contribution >= 0.6 is 0 Å². The Balaban J connectivity index is 1.87.